The Kier molecular flexibility index (Phi) is 8.61. The van der Waals surface area contributed by atoms with Crippen molar-refractivity contribution >= 4 is 29.8 Å². The molecule has 0 spiro atoms. The Bertz CT molecular complexity index is 1210. The van der Waals surface area contributed by atoms with E-state index in [-0.39, 0.29) is 33.8 Å². The van der Waals surface area contributed by atoms with E-state index in [2.05, 4.69) is 19.7 Å². The minimum absolute atomic E-state index is 0.00451. The molecule has 2 rings (SSSR count). The van der Waals surface area contributed by atoms with Crippen LogP contribution in [0.3, 0.4) is 0 Å². The van der Waals surface area contributed by atoms with E-state index in [1.807, 2.05) is 0 Å². The predicted octanol–water partition coefficient (Wildman–Crippen LogP) is 5.03. The Morgan fingerprint density at radius 3 is 1.79 bits per heavy atom. The fourth-order valence-electron chi connectivity index (χ4n) is 2.37. The lowest BCUT2D eigenvalue weighted by molar-refractivity contribution is -0.132. The fraction of sp³-hybridized carbons (Fsp3) is 0.111. The van der Waals surface area contributed by atoms with E-state index in [9.17, 15) is 19.2 Å². The summed E-state index contributed by atoms with van der Waals surface area (Å²) < 4.78 is 15.7. The monoisotopic (exact) mass is 460 g/mol. The van der Waals surface area contributed by atoms with Crippen LogP contribution in [0, 0.1) is 0 Å². The Morgan fingerprint density at radius 1 is 0.706 bits per heavy atom. The lowest BCUT2D eigenvalue weighted by Crippen LogP contribution is -2.15. The van der Waals surface area contributed by atoms with Crippen LogP contribution in [0.2, 0.25) is 0 Å². The Labute approximate surface area is 197 Å². The molecule has 7 heteroatoms. The molecule has 0 radical (unpaired) electrons. The molecule has 34 heavy (non-hydrogen) atoms. The highest BCUT2D eigenvalue weighted by Gasteiger charge is 2.21. The minimum Gasteiger partial charge on any atom is -0.423 e. The predicted molar refractivity (Wildman–Crippen MR) is 128 cm³/mol. The number of esters is 3. The smallest absolute Gasteiger partial charge is 0.338 e. The van der Waals surface area contributed by atoms with Gasteiger partial charge in [0.2, 0.25) is 0 Å². The summed E-state index contributed by atoms with van der Waals surface area (Å²) in [4.78, 5) is 48.6. The maximum Gasteiger partial charge on any atom is 0.338 e. The van der Waals surface area contributed by atoms with E-state index in [1.165, 1.54) is 44.2 Å². The fourth-order valence-corrected chi connectivity index (χ4v) is 2.37. The second kappa shape index (κ2) is 11.4. The van der Waals surface area contributed by atoms with Crippen LogP contribution in [0.25, 0.3) is 6.08 Å². The first-order valence-corrected chi connectivity index (χ1v) is 10.1. The molecule has 0 aliphatic rings. The highest BCUT2D eigenvalue weighted by molar-refractivity contribution is 6.10. The SMILES string of the molecule is C=C(C)C(=O)Oc1ccc(C=CC(=O)c2cccc(OC(=O)C(=C)C)c2OC(=O)C(=C)C)cc1. The summed E-state index contributed by atoms with van der Waals surface area (Å²) in [7, 11) is 0. The van der Waals surface area contributed by atoms with Gasteiger partial charge < -0.3 is 14.2 Å². The first-order valence-electron chi connectivity index (χ1n) is 10.1. The second-order valence-electron chi connectivity index (χ2n) is 7.41. The van der Waals surface area contributed by atoms with Crippen molar-refractivity contribution in [3.8, 4) is 17.2 Å². The van der Waals surface area contributed by atoms with Crippen molar-refractivity contribution in [3.05, 3.63) is 96.1 Å². The normalized spacial score (nSPS) is 10.3. The zero-order valence-corrected chi connectivity index (χ0v) is 19.2. The summed E-state index contributed by atoms with van der Waals surface area (Å²) in [6.45, 7) is 15.0. The van der Waals surface area contributed by atoms with Gasteiger partial charge in [0.25, 0.3) is 0 Å². The van der Waals surface area contributed by atoms with Crippen molar-refractivity contribution in [2.75, 3.05) is 0 Å². The third kappa shape index (κ3) is 7.00. The molecule has 0 saturated heterocycles. The molecule has 0 aliphatic heterocycles. The number of benzene rings is 2. The van der Waals surface area contributed by atoms with Crippen LogP contribution in [0.4, 0.5) is 0 Å². The van der Waals surface area contributed by atoms with E-state index in [1.54, 1.807) is 31.2 Å². The molecule has 0 heterocycles. The number of para-hydroxylation sites is 1. The van der Waals surface area contributed by atoms with Crippen LogP contribution < -0.4 is 14.2 Å². The van der Waals surface area contributed by atoms with Gasteiger partial charge in [0.15, 0.2) is 17.3 Å². The number of rotatable bonds is 9. The number of carbonyl (C=O) groups excluding carboxylic acids is 4. The lowest BCUT2D eigenvalue weighted by Gasteiger charge is -2.13. The zero-order chi connectivity index (χ0) is 25.4. The molecule has 174 valence electrons. The number of hydrogen-bond donors (Lipinski definition) is 0. The molecule has 0 bridgehead atoms. The Balaban J connectivity index is 2.32. The van der Waals surface area contributed by atoms with Crippen LogP contribution in [0.1, 0.15) is 36.7 Å². The van der Waals surface area contributed by atoms with Gasteiger partial charge in [-0.1, -0.05) is 44.0 Å². The van der Waals surface area contributed by atoms with E-state index in [4.69, 9.17) is 14.2 Å². The maximum absolute atomic E-state index is 12.9. The quantitative estimate of drug-likeness (QED) is 0.224. The molecule has 7 nitrogen and oxygen atoms in total. The first kappa shape index (κ1) is 25.7. The first-order chi connectivity index (χ1) is 16.0. The van der Waals surface area contributed by atoms with Crippen LogP contribution >= 0.6 is 0 Å². The van der Waals surface area contributed by atoms with Gasteiger partial charge in [0, 0.05) is 16.7 Å². The number of hydrogen-bond acceptors (Lipinski definition) is 7. The Morgan fingerprint density at radius 2 is 1.24 bits per heavy atom. The van der Waals surface area contributed by atoms with Crippen molar-refractivity contribution in [3.63, 3.8) is 0 Å². The zero-order valence-electron chi connectivity index (χ0n) is 19.2. The molecule has 0 aromatic heterocycles. The summed E-state index contributed by atoms with van der Waals surface area (Å²) in [6, 6.07) is 10.8. The number of allylic oxidation sites excluding steroid dienone is 1. The molecule has 0 fully saturated rings. The average Bonchev–Trinajstić information content (AvgIpc) is 2.79. The van der Waals surface area contributed by atoms with Gasteiger partial charge in [-0.05, 0) is 56.7 Å². The standard InChI is InChI=1S/C27H24O7/c1-16(2)25(29)32-20-13-10-19(11-14-20)12-15-22(28)21-8-7-9-23(33-26(30)17(3)4)24(21)34-27(31)18(5)6/h7-15H,1,3,5H2,2,4,6H3. The van der Waals surface area contributed by atoms with Gasteiger partial charge in [-0.25, -0.2) is 14.4 Å². The van der Waals surface area contributed by atoms with E-state index in [0.717, 1.165) is 0 Å². The molecule has 0 atom stereocenters. The summed E-state index contributed by atoms with van der Waals surface area (Å²) in [5, 5.41) is 0. The van der Waals surface area contributed by atoms with Gasteiger partial charge >= 0.3 is 17.9 Å². The van der Waals surface area contributed by atoms with Crippen LogP contribution in [0.5, 0.6) is 17.2 Å². The molecule has 0 N–H and O–H groups in total. The molecule has 0 aliphatic carbocycles. The van der Waals surface area contributed by atoms with Crippen molar-refractivity contribution in [2.24, 2.45) is 0 Å². The van der Waals surface area contributed by atoms with E-state index < -0.39 is 23.7 Å². The summed E-state index contributed by atoms with van der Waals surface area (Å²) in [5.41, 5.74) is 1.15. The number of ether oxygens (including phenoxy) is 3. The summed E-state index contributed by atoms with van der Waals surface area (Å²) >= 11 is 0. The lowest BCUT2D eigenvalue weighted by atomic mass is 10.1. The Hall–Kier alpha value is -4.52. The summed E-state index contributed by atoms with van der Waals surface area (Å²) in [6.07, 6.45) is 2.80. The van der Waals surface area contributed by atoms with Gasteiger partial charge in [0.1, 0.15) is 5.75 Å². The average molecular weight is 460 g/mol. The van der Waals surface area contributed by atoms with Crippen LogP contribution in [0.15, 0.2) is 85.0 Å². The maximum atomic E-state index is 12.9. The topological polar surface area (TPSA) is 96.0 Å². The van der Waals surface area contributed by atoms with Crippen molar-refractivity contribution < 1.29 is 33.4 Å². The van der Waals surface area contributed by atoms with Gasteiger partial charge in [-0.2, -0.15) is 0 Å². The molecule has 0 unspecified atom stereocenters. The molecule has 2 aromatic rings. The molecular formula is C27H24O7. The second-order valence-corrected chi connectivity index (χ2v) is 7.41. The third-order valence-corrected chi connectivity index (χ3v) is 4.20. The molecular weight excluding hydrogens is 436 g/mol. The van der Waals surface area contributed by atoms with E-state index >= 15 is 0 Å². The highest BCUT2D eigenvalue weighted by Crippen LogP contribution is 2.33. The van der Waals surface area contributed by atoms with Crippen LogP contribution in [-0.4, -0.2) is 23.7 Å². The highest BCUT2D eigenvalue weighted by atomic mass is 16.6. The number of ketones is 1. The van der Waals surface area contributed by atoms with Gasteiger partial charge in [-0.3, -0.25) is 4.79 Å². The summed E-state index contributed by atoms with van der Waals surface area (Å²) in [5.74, 6) is -2.54. The largest absolute Gasteiger partial charge is 0.423 e. The number of carbonyl (C=O) groups is 4. The van der Waals surface area contributed by atoms with Crippen LogP contribution in [-0.2, 0) is 14.4 Å². The van der Waals surface area contributed by atoms with Crippen molar-refractivity contribution in [2.45, 2.75) is 20.8 Å². The van der Waals surface area contributed by atoms with E-state index in [0.29, 0.717) is 11.3 Å². The van der Waals surface area contributed by atoms with Gasteiger partial charge in [-0.15, -0.1) is 0 Å². The molecule has 2 aromatic carbocycles. The molecule has 0 saturated carbocycles. The van der Waals surface area contributed by atoms with Crippen molar-refractivity contribution in [1.29, 1.82) is 0 Å². The molecule has 0 amide bonds. The third-order valence-electron chi connectivity index (χ3n) is 4.20. The minimum atomic E-state index is -0.781. The van der Waals surface area contributed by atoms with Gasteiger partial charge in [0.05, 0.1) is 5.56 Å². The van der Waals surface area contributed by atoms with Crippen molar-refractivity contribution in [1.82, 2.24) is 0 Å².